The number of nitrogens with one attached hydrogen (secondary N) is 1. The third kappa shape index (κ3) is 8.46. The molecular weight excluding hydrogens is 598 g/mol. The molecule has 3 aliphatic rings. The van der Waals surface area contributed by atoms with Gasteiger partial charge in [-0.3, -0.25) is 29.0 Å². The molecule has 0 spiro atoms. The van der Waals surface area contributed by atoms with Crippen molar-refractivity contribution < 1.29 is 32.6 Å². The number of aromatic nitrogens is 1. The molecule has 13 heteroatoms. The van der Waals surface area contributed by atoms with Gasteiger partial charge < -0.3 is 23.8 Å². The van der Waals surface area contributed by atoms with Gasteiger partial charge in [0.25, 0.3) is 5.91 Å². The highest BCUT2D eigenvalue weighted by molar-refractivity contribution is 7.79. The molecule has 3 saturated heterocycles. The zero-order chi connectivity index (χ0) is 32.1. The lowest BCUT2D eigenvalue weighted by Gasteiger charge is -2.43. The molecule has 1 aromatic heterocycles. The summed E-state index contributed by atoms with van der Waals surface area (Å²) in [6.07, 6.45) is 4.18. The summed E-state index contributed by atoms with van der Waals surface area (Å²) in [7, 11) is 0. The number of carbonyl (C=O) groups excluding carboxylic acids is 3. The van der Waals surface area contributed by atoms with E-state index in [-0.39, 0.29) is 39.9 Å². The molecule has 45 heavy (non-hydrogen) atoms. The average molecular weight is 641 g/mol. The molecule has 2 unspecified atom stereocenters. The molecule has 0 radical (unpaired) electrons. The predicted octanol–water partition coefficient (Wildman–Crippen LogP) is 3.51. The average Bonchev–Trinajstić information content (AvgIpc) is 3.04. The molecule has 12 nitrogen and oxygen atoms in total. The first kappa shape index (κ1) is 33.0. The standard InChI is InChI=1S/C32H43N5O7S/c1-32(2,3)44-31(40)34-28-20-33-27(22-6-8-25(9-7-22)45(41)42)19-26(28)30(39)35-13-10-24(11-14-35)37-12-4-5-23(21-37)29(38)36-15-17-43-18-16-36/h6-9,19-20,23-24H,4-5,10-18,21H2,1-3H3,(H,34,40)(H,41,42)/p-1. The Hall–Kier alpha value is -3.39. The molecule has 0 aliphatic carbocycles. The van der Waals surface area contributed by atoms with Gasteiger partial charge in [0.2, 0.25) is 5.91 Å². The van der Waals surface area contributed by atoms with Gasteiger partial charge in [-0.2, -0.15) is 0 Å². The number of morpholine rings is 1. The number of nitrogens with zero attached hydrogens (tertiary/aromatic N) is 4. The minimum Gasteiger partial charge on any atom is -0.768 e. The number of pyridine rings is 1. The second-order valence-corrected chi connectivity index (χ2v) is 13.7. The molecule has 2 aromatic rings. The Morgan fingerprint density at radius 2 is 1.69 bits per heavy atom. The highest BCUT2D eigenvalue weighted by Gasteiger charge is 2.35. The quantitative estimate of drug-likeness (QED) is 0.469. The van der Waals surface area contributed by atoms with E-state index in [1.165, 1.54) is 18.3 Å². The summed E-state index contributed by atoms with van der Waals surface area (Å²) in [5.41, 5.74) is 0.878. The summed E-state index contributed by atoms with van der Waals surface area (Å²) < 4.78 is 33.4. The van der Waals surface area contributed by atoms with Crippen molar-refractivity contribution in [2.45, 2.75) is 63.0 Å². The highest BCUT2D eigenvalue weighted by atomic mass is 32.2. The van der Waals surface area contributed by atoms with E-state index in [4.69, 9.17) is 9.47 Å². The third-order valence-electron chi connectivity index (χ3n) is 8.51. The normalized spacial score (nSPS) is 20.8. The SMILES string of the molecule is CC(C)(C)OC(=O)Nc1cnc(-c2ccc(S(=O)[O-])cc2)cc1C(=O)N1CCC(N2CCCC(C(=O)N3CCOCC3)C2)CC1. The Morgan fingerprint density at radius 3 is 2.33 bits per heavy atom. The van der Waals surface area contributed by atoms with Crippen LogP contribution in [0.25, 0.3) is 11.3 Å². The van der Waals surface area contributed by atoms with Gasteiger partial charge in [0.1, 0.15) is 5.60 Å². The van der Waals surface area contributed by atoms with Crippen molar-refractivity contribution in [3.63, 3.8) is 0 Å². The van der Waals surface area contributed by atoms with Crippen LogP contribution in [0.1, 0.15) is 56.8 Å². The van der Waals surface area contributed by atoms with Crippen LogP contribution in [0.15, 0.2) is 41.4 Å². The first-order chi connectivity index (χ1) is 21.5. The molecule has 1 aromatic carbocycles. The number of rotatable bonds is 6. The van der Waals surface area contributed by atoms with Gasteiger partial charge in [-0.05, 0) is 82.3 Å². The molecule has 4 heterocycles. The topological polar surface area (TPSA) is 144 Å². The molecule has 3 aliphatic heterocycles. The van der Waals surface area contributed by atoms with Gasteiger partial charge in [-0.25, -0.2) is 4.79 Å². The molecule has 5 rings (SSSR count). The van der Waals surface area contributed by atoms with Crippen LogP contribution in [-0.4, -0.2) is 110 Å². The lowest BCUT2D eigenvalue weighted by atomic mass is 9.92. The zero-order valence-electron chi connectivity index (χ0n) is 26.2. The Bertz CT molecular complexity index is 1400. The molecule has 244 valence electrons. The number of ether oxygens (including phenoxy) is 2. The first-order valence-electron chi connectivity index (χ1n) is 15.6. The van der Waals surface area contributed by atoms with Crippen molar-refractivity contribution in [3.05, 3.63) is 42.1 Å². The third-order valence-corrected chi connectivity index (χ3v) is 9.16. The molecule has 1 N–H and O–H groups in total. The maximum atomic E-state index is 14.0. The van der Waals surface area contributed by atoms with E-state index in [1.807, 2.05) is 4.90 Å². The van der Waals surface area contributed by atoms with Gasteiger partial charge >= 0.3 is 6.09 Å². The van der Waals surface area contributed by atoms with Crippen LogP contribution in [0.3, 0.4) is 0 Å². The number of hydrogen-bond acceptors (Lipinski definition) is 9. The summed E-state index contributed by atoms with van der Waals surface area (Å²) in [6, 6.07) is 8.11. The van der Waals surface area contributed by atoms with Gasteiger partial charge in [0, 0.05) is 49.2 Å². The van der Waals surface area contributed by atoms with Crippen molar-refractivity contribution >= 4 is 34.7 Å². The van der Waals surface area contributed by atoms with Crippen LogP contribution < -0.4 is 5.32 Å². The molecule has 3 fully saturated rings. The van der Waals surface area contributed by atoms with E-state index in [0.29, 0.717) is 50.7 Å². The van der Waals surface area contributed by atoms with Gasteiger partial charge in [0.15, 0.2) is 0 Å². The van der Waals surface area contributed by atoms with E-state index < -0.39 is 22.8 Å². The predicted molar refractivity (Wildman–Crippen MR) is 167 cm³/mol. The number of piperidine rings is 2. The molecule has 0 bridgehead atoms. The summed E-state index contributed by atoms with van der Waals surface area (Å²) in [5.74, 6) is -0.0135. The lowest BCUT2D eigenvalue weighted by molar-refractivity contribution is -0.141. The second-order valence-electron chi connectivity index (χ2n) is 12.8. The van der Waals surface area contributed by atoms with Gasteiger partial charge in [-0.1, -0.05) is 12.1 Å². The van der Waals surface area contributed by atoms with Crippen molar-refractivity contribution in [1.82, 2.24) is 19.7 Å². The van der Waals surface area contributed by atoms with Crippen molar-refractivity contribution in [2.24, 2.45) is 5.92 Å². The summed E-state index contributed by atoms with van der Waals surface area (Å²) in [6.45, 7) is 10.5. The summed E-state index contributed by atoms with van der Waals surface area (Å²) >= 11 is -2.36. The summed E-state index contributed by atoms with van der Waals surface area (Å²) in [4.78, 5) is 50.5. The minimum atomic E-state index is -2.36. The maximum Gasteiger partial charge on any atom is 0.412 e. The number of benzene rings is 1. The van der Waals surface area contributed by atoms with E-state index >= 15 is 0 Å². The lowest BCUT2D eigenvalue weighted by Crippen LogP contribution is -2.53. The van der Waals surface area contributed by atoms with Gasteiger partial charge in [-0.15, -0.1) is 0 Å². The number of likely N-dealkylation sites (tertiary alicyclic amines) is 2. The molecular formula is C32H42N5O7S-. The number of carbonyl (C=O) groups is 3. The monoisotopic (exact) mass is 640 g/mol. The van der Waals surface area contributed by atoms with E-state index in [2.05, 4.69) is 15.2 Å². The number of amides is 3. The fraction of sp³-hybridized carbons (Fsp3) is 0.562. The van der Waals surface area contributed by atoms with Crippen LogP contribution in [0.2, 0.25) is 0 Å². The Morgan fingerprint density at radius 1 is 1.00 bits per heavy atom. The van der Waals surface area contributed by atoms with Crippen molar-refractivity contribution in [2.75, 3.05) is 57.8 Å². The van der Waals surface area contributed by atoms with Crippen LogP contribution in [-0.2, 0) is 25.3 Å². The van der Waals surface area contributed by atoms with Crippen LogP contribution in [0.4, 0.5) is 10.5 Å². The largest absolute Gasteiger partial charge is 0.768 e. The minimum absolute atomic E-state index is 0.00376. The van der Waals surface area contributed by atoms with E-state index in [0.717, 1.165) is 38.8 Å². The van der Waals surface area contributed by atoms with Crippen LogP contribution >= 0.6 is 0 Å². The molecule has 2 atom stereocenters. The first-order valence-corrected chi connectivity index (χ1v) is 16.7. The smallest absolute Gasteiger partial charge is 0.412 e. The fourth-order valence-corrected chi connectivity index (χ4v) is 6.58. The second kappa shape index (κ2) is 14.4. The molecule has 3 amide bonds. The Balaban J connectivity index is 1.28. The van der Waals surface area contributed by atoms with Gasteiger partial charge in [0.05, 0.1) is 42.3 Å². The Kier molecular flexibility index (Phi) is 10.5. The van der Waals surface area contributed by atoms with Crippen LogP contribution in [0, 0.1) is 5.92 Å². The fourth-order valence-electron chi connectivity index (χ4n) is 6.23. The van der Waals surface area contributed by atoms with E-state index in [9.17, 15) is 23.1 Å². The Labute approximate surface area is 266 Å². The molecule has 0 saturated carbocycles. The maximum absolute atomic E-state index is 14.0. The summed E-state index contributed by atoms with van der Waals surface area (Å²) in [5, 5.41) is 2.69. The van der Waals surface area contributed by atoms with E-state index in [1.54, 1.807) is 43.9 Å². The highest BCUT2D eigenvalue weighted by Crippen LogP contribution is 2.29. The van der Waals surface area contributed by atoms with Crippen molar-refractivity contribution in [3.8, 4) is 11.3 Å². The zero-order valence-corrected chi connectivity index (χ0v) is 27.0. The van der Waals surface area contributed by atoms with Crippen molar-refractivity contribution in [1.29, 1.82) is 0 Å². The van der Waals surface area contributed by atoms with Crippen LogP contribution in [0.5, 0.6) is 0 Å². The number of hydrogen-bond donors (Lipinski definition) is 1. The number of anilines is 1.